The minimum atomic E-state index is 0.155. The van der Waals surface area contributed by atoms with Gasteiger partial charge >= 0.3 is 0 Å². The number of likely N-dealkylation sites (tertiary alicyclic amines) is 1. The van der Waals surface area contributed by atoms with Crippen molar-refractivity contribution in [3.63, 3.8) is 0 Å². The van der Waals surface area contributed by atoms with E-state index in [0.29, 0.717) is 19.0 Å². The summed E-state index contributed by atoms with van der Waals surface area (Å²) in [5.74, 6) is 0.310. The molecule has 0 aromatic heterocycles. The summed E-state index contributed by atoms with van der Waals surface area (Å²) < 4.78 is 10.3. The van der Waals surface area contributed by atoms with Crippen LogP contribution in [0.2, 0.25) is 0 Å². The zero-order valence-corrected chi connectivity index (χ0v) is 11.1. The van der Waals surface area contributed by atoms with Crippen molar-refractivity contribution in [2.75, 3.05) is 40.0 Å². The van der Waals surface area contributed by atoms with E-state index < -0.39 is 0 Å². The van der Waals surface area contributed by atoms with Gasteiger partial charge in [-0.15, -0.1) is 0 Å². The van der Waals surface area contributed by atoms with Crippen LogP contribution in [0.4, 0.5) is 0 Å². The highest BCUT2D eigenvalue weighted by atomic mass is 16.5. The molecule has 0 saturated carbocycles. The summed E-state index contributed by atoms with van der Waals surface area (Å²) in [6.45, 7) is 5.80. The minimum absolute atomic E-state index is 0.155. The third-order valence-electron chi connectivity index (χ3n) is 3.25. The van der Waals surface area contributed by atoms with Gasteiger partial charge in [-0.3, -0.25) is 9.69 Å². The van der Waals surface area contributed by atoms with Crippen molar-refractivity contribution >= 4 is 5.78 Å². The van der Waals surface area contributed by atoms with Gasteiger partial charge in [0.05, 0.1) is 19.3 Å². The van der Waals surface area contributed by atoms with Gasteiger partial charge in [-0.2, -0.15) is 0 Å². The molecule has 0 radical (unpaired) electrons. The topological polar surface area (TPSA) is 38.8 Å². The number of hydrogen-bond donors (Lipinski definition) is 0. The first-order chi connectivity index (χ1) is 8.25. The van der Waals surface area contributed by atoms with Gasteiger partial charge in [0.2, 0.25) is 0 Å². The lowest BCUT2D eigenvalue weighted by atomic mass is 9.99. The number of ketones is 1. The fraction of sp³-hybridized carbons (Fsp3) is 0.923. The SMILES string of the molecule is COCCOCCCN1CCCCC1C(C)=O. The number of methoxy groups -OCH3 is 1. The summed E-state index contributed by atoms with van der Waals surface area (Å²) in [7, 11) is 1.68. The van der Waals surface area contributed by atoms with E-state index >= 15 is 0 Å². The molecule has 4 heteroatoms. The van der Waals surface area contributed by atoms with E-state index in [1.807, 2.05) is 0 Å². The number of ether oxygens (including phenoxy) is 2. The van der Waals surface area contributed by atoms with Crippen molar-refractivity contribution in [2.24, 2.45) is 0 Å². The molecule has 0 aromatic carbocycles. The van der Waals surface area contributed by atoms with Crippen molar-refractivity contribution in [2.45, 2.75) is 38.6 Å². The molecule has 0 aromatic rings. The van der Waals surface area contributed by atoms with E-state index in [1.165, 1.54) is 12.8 Å². The van der Waals surface area contributed by atoms with Crippen LogP contribution in [0, 0.1) is 0 Å². The van der Waals surface area contributed by atoms with Gasteiger partial charge < -0.3 is 9.47 Å². The van der Waals surface area contributed by atoms with Crippen LogP contribution in [0.5, 0.6) is 0 Å². The van der Waals surface area contributed by atoms with Crippen molar-refractivity contribution in [3.8, 4) is 0 Å². The van der Waals surface area contributed by atoms with Crippen LogP contribution >= 0.6 is 0 Å². The Morgan fingerprint density at radius 1 is 1.29 bits per heavy atom. The highest BCUT2D eigenvalue weighted by Crippen LogP contribution is 2.17. The lowest BCUT2D eigenvalue weighted by molar-refractivity contribution is -0.123. The Kier molecular flexibility index (Phi) is 7.40. The maximum atomic E-state index is 11.5. The molecule has 1 fully saturated rings. The molecule has 0 N–H and O–H groups in total. The van der Waals surface area contributed by atoms with Crippen molar-refractivity contribution in [1.82, 2.24) is 4.90 Å². The van der Waals surface area contributed by atoms with Crippen molar-refractivity contribution in [3.05, 3.63) is 0 Å². The number of carbonyl (C=O) groups excluding carboxylic acids is 1. The second kappa shape index (κ2) is 8.61. The van der Waals surface area contributed by atoms with E-state index in [9.17, 15) is 4.79 Å². The van der Waals surface area contributed by atoms with Gasteiger partial charge in [-0.1, -0.05) is 6.42 Å². The molecule has 1 rings (SSSR count). The van der Waals surface area contributed by atoms with Crippen LogP contribution in [0.1, 0.15) is 32.6 Å². The minimum Gasteiger partial charge on any atom is -0.382 e. The molecule has 1 atom stereocenters. The Morgan fingerprint density at radius 3 is 2.82 bits per heavy atom. The zero-order valence-electron chi connectivity index (χ0n) is 11.1. The van der Waals surface area contributed by atoms with Gasteiger partial charge in [-0.05, 0) is 32.7 Å². The summed E-state index contributed by atoms with van der Waals surface area (Å²) in [5.41, 5.74) is 0. The molecule has 17 heavy (non-hydrogen) atoms. The van der Waals surface area contributed by atoms with Crippen LogP contribution in [-0.4, -0.2) is 56.7 Å². The van der Waals surface area contributed by atoms with E-state index in [4.69, 9.17) is 9.47 Å². The summed E-state index contributed by atoms with van der Waals surface area (Å²) >= 11 is 0. The third-order valence-corrected chi connectivity index (χ3v) is 3.25. The largest absolute Gasteiger partial charge is 0.382 e. The van der Waals surface area contributed by atoms with Crippen LogP contribution in [0.3, 0.4) is 0 Å². The van der Waals surface area contributed by atoms with E-state index in [1.54, 1.807) is 14.0 Å². The Hall–Kier alpha value is -0.450. The van der Waals surface area contributed by atoms with Crippen molar-refractivity contribution in [1.29, 1.82) is 0 Å². The highest BCUT2D eigenvalue weighted by Gasteiger charge is 2.25. The zero-order chi connectivity index (χ0) is 12.5. The second-order valence-electron chi connectivity index (χ2n) is 4.62. The molecule has 1 saturated heterocycles. The highest BCUT2D eigenvalue weighted by molar-refractivity contribution is 5.81. The average molecular weight is 243 g/mol. The normalized spacial score (nSPS) is 21.6. The quantitative estimate of drug-likeness (QED) is 0.605. The first-order valence-electron chi connectivity index (χ1n) is 6.57. The number of piperidine rings is 1. The lowest BCUT2D eigenvalue weighted by Gasteiger charge is -2.33. The summed E-state index contributed by atoms with van der Waals surface area (Å²) in [6, 6.07) is 0.155. The van der Waals surface area contributed by atoms with Crippen molar-refractivity contribution < 1.29 is 14.3 Å². The molecule has 0 amide bonds. The molecule has 0 spiro atoms. The summed E-state index contributed by atoms with van der Waals surface area (Å²) in [4.78, 5) is 13.8. The van der Waals surface area contributed by atoms with Gasteiger partial charge in [0.25, 0.3) is 0 Å². The maximum absolute atomic E-state index is 11.5. The first kappa shape index (κ1) is 14.6. The van der Waals surface area contributed by atoms with Gasteiger partial charge in [-0.25, -0.2) is 0 Å². The molecule has 0 bridgehead atoms. The fourth-order valence-corrected chi connectivity index (χ4v) is 2.33. The molecular formula is C13H25NO3. The standard InChI is InChI=1S/C13H25NO3/c1-12(15)13-6-3-4-7-14(13)8-5-9-17-11-10-16-2/h13H,3-11H2,1-2H3. The molecule has 1 aliphatic rings. The second-order valence-corrected chi connectivity index (χ2v) is 4.62. The number of carbonyl (C=O) groups is 1. The molecule has 100 valence electrons. The number of Topliss-reactive ketones (excluding diaryl/α,β-unsaturated/α-hetero) is 1. The van der Waals surface area contributed by atoms with Crippen LogP contribution in [0.25, 0.3) is 0 Å². The Labute approximate surface area is 104 Å². The molecule has 1 heterocycles. The lowest BCUT2D eigenvalue weighted by Crippen LogP contribution is -2.44. The third kappa shape index (κ3) is 5.61. The Bertz CT molecular complexity index is 221. The van der Waals surface area contributed by atoms with E-state index in [0.717, 1.165) is 32.5 Å². The maximum Gasteiger partial charge on any atom is 0.146 e. The van der Waals surface area contributed by atoms with E-state index in [2.05, 4.69) is 4.90 Å². The van der Waals surface area contributed by atoms with Gasteiger partial charge in [0.15, 0.2) is 0 Å². The molecule has 1 unspecified atom stereocenters. The van der Waals surface area contributed by atoms with E-state index in [-0.39, 0.29) is 6.04 Å². The first-order valence-corrected chi connectivity index (χ1v) is 6.57. The average Bonchev–Trinajstić information content (AvgIpc) is 2.34. The molecule has 1 aliphatic heterocycles. The smallest absolute Gasteiger partial charge is 0.146 e. The summed E-state index contributed by atoms with van der Waals surface area (Å²) in [5, 5.41) is 0. The van der Waals surface area contributed by atoms with Crippen LogP contribution in [0.15, 0.2) is 0 Å². The van der Waals surface area contributed by atoms with Crippen LogP contribution in [-0.2, 0) is 14.3 Å². The Balaban J connectivity index is 2.13. The predicted molar refractivity (Wildman–Crippen MR) is 67.2 cm³/mol. The molecular weight excluding hydrogens is 218 g/mol. The van der Waals surface area contributed by atoms with Gasteiger partial charge in [0.1, 0.15) is 5.78 Å². The monoisotopic (exact) mass is 243 g/mol. The number of hydrogen-bond acceptors (Lipinski definition) is 4. The number of rotatable bonds is 8. The summed E-state index contributed by atoms with van der Waals surface area (Å²) in [6.07, 6.45) is 4.42. The molecule has 4 nitrogen and oxygen atoms in total. The fourth-order valence-electron chi connectivity index (χ4n) is 2.33. The van der Waals surface area contributed by atoms with Crippen LogP contribution < -0.4 is 0 Å². The number of nitrogens with zero attached hydrogens (tertiary/aromatic N) is 1. The van der Waals surface area contributed by atoms with Gasteiger partial charge in [0, 0.05) is 20.3 Å². The Morgan fingerprint density at radius 2 is 2.12 bits per heavy atom. The molecule has 0 aliphatic carbocycles. The predicted octanol–water partition coefficient (Wildman–Crippen LogP) is 1.48.